The molecule has 0 atom stereocenters. The maximum Gasteiger partial charge on any atom is 4.00 e. The number of halogens is 3. The molecule has 2 rings (SSSR count). The van der Waals surface area contributed by atoms with E-state index in [1.165, 1.54) is 56.1 Å². The molecule has 0 heterocycles. The second-order valence-electron chi connectivity index (χ2n) is 7.10. The summed E-state index contributed by atoms with van der Waals surface area (Å²) in [6, 6.07) is 12.0. The molecule has 150 valence electrons. The first-order valence-electron chi connectivity index (χ1n) is 9.47. The largest absolute Gasteiger partial charge is 4.00 e. The molecule has 2 aromatic carbocycles. The molecule has 0 bridgehead atoms. The third-order valence-electron chi connectivity index (χ3n) is 4.77. The average molecular weight is 480 g/mol. The van der Waals surface area contributed by atoms with Crippen molar-refractivity contribution in [3.63, 3.8) is 0 Å². The van der Waals surface area contributed by atoms with Gasteiger partial charge in [-0.3, -0.25) is 0 Å². The Morgan fingerprint density at radius 3 is 2.00 bits per heavy atom. The molecule has 0 saturated heterocycles. The number of hydrogen-bond acceptors (Lipinski definition) is 0. The molecule has 0 aliphatic carbocycles. The minimum absolute atomic E-state index is 0. The van der Waals surface area contributed by atoms with Crippen LogP contribution in [0.4, 0.5) is 0 Å². The molecule has 0 saturated carbocycles. The number of unbranched alkanes of at least 4 members (excludes halogenated alkanes) is 3. The number of aryl methyl sites for hydroxylation is 4. The van der Waals surface area contributed by atoms with E-state index in [9.17, 15) is 0 Å². The Labute approximate surface area is 203 Å². The summed E-state index contributed by atoms with van der Waals surface area (Å²) in [7, 11) is -0.355. The fraction of sp³-hybridized carbons (Fsp3) is 0.500. The molecular weight excluding hydrogens is 447 g/mol. The minimum atomic E-state index is -0.355. The van der Waals surface area contributed by atoms with Crippen LogP contribution in [-0.4, -0.2) is 9.52 Å². The van der Waals surface area contributed by atoms with Crippen LogP contribution in [0.5, 0.6) is 0 Å². The average Bonchev–Trinajstić information content (AvgIpc) is 2.87. The van der Waals surface area contributed by atoms with Crippen LogP contribution < -0.4 is 47.6 Å². The van der Waals surface area contributed by atoms with E-state index in [4.69, 9.17) is 0 Å². The van der Waals surface area contributed by atoms with Crippen LogP contribution in [0.2, 0.25) is 0 Å². The van der Waals surface area contributed by atoms with Crippen molar-refractivity contribution in [1.29, 1.82) is 0 Å². The molecule has 0 aliphatic heterocycles. The summed E-state index contributed by atoms with van der Waals surface area (Å²) in [5, 5.41) is 3.38. The molecule has 0 radical (unpaired) electrons. The number of hydrogen-bond donors (Lipinski definition) is 0. The van der Waals surface area contributed by atoms with Crippen molar-refractivity contribution in [3.05, 3.63) is 52.6 Å². The van der Waals surface area contributed by atoms with Crippen LogP contribution in [0.1, 0.15) is 68.2 Å². The topological polar surface area (TPSA) is 0 Å². The first kappa shape index (κ1) is 32.0. The van der Waals surface area contributed by atoms with Gasteiger partial charge in [0.2, 0.25) is 0 Å². The fourth-order valence-corrected chi connectivity index (χ4v) is 5.91. The van der Waals surface area contributed by atoms with Crippen molar-refractivity contribution >= 4 is 19.9 Å². The van der Waals surface area contributed by atoms with Gasteiger partial charge in [0.15, 0.2) is 0 Å². The zero-order chi connectivity index (χ0) is 16.7. The first-order valence-corrected chi connectivity index (χ1v) is 10.9. The van der Waals surface area contributed by atoms with Crippen LogP contribution in [-0.2, 0) is 34.6 Å². The Kier molecular flexibility index (Phi) is 20.5. The monoisotopic (exact) mass is 478 g/mol. The zero-order valence-corrected chi connectivity index (χ0v) is 22.4. The second-order valence-corrected chi connectivity index (χ2v) is 8.97. The van der Waals surface area contributed by atoms with Crippen LogP contribution in [0.25, 0.3) is 0 Å². The van der Waals surface area contributed by atoms with Gasteiger partial charge in [0, 0.05) is 0 Å². The van der Waals surface area contributed by atoms with Gasteiger partial charge in [-0.05, 0) is 13.8 Å². The van der Waals surface area contributed by atoms with Gasteiger partial charge in [0.25, 0.3) is 0 Å². The summed E-state index contributed by atoms with van der Waals surface area (Å²) in [5.74, 6) is 0. The Morgan fingerprint density at radius 2 is 1.44 bits per heavy atom. The molecule has 0 aliphatic rings. The molecule has 27 heavy (non-hydrogen) atoms. The fourth-order valence-electron chi connectivity index (χ4n) is 3.61. The van der Waals surface area contributed by atoms with Crippen LogP contribution >= 0.6 is 0 Å². The van der Waals surface area contributed by atoms with E-state index in [2.05, 4.69) is 58.0 Å². The van der Waals surface area contributed by atoms with E-state index in [-0.39, 0.29) is 68.5 Å². The molecule has 0 aromatic heterocycles. The van der Waals surface area contributed by atoms with Crippen molar-refractivity contribution in [3.8, 4) is 0 Å². The van der Waals surface area contributed by atoms with Gasteiger partial charge < -0.3 is 37.2 Å². The molecule has 0 N–H and O–H groups in total. The van der Waals surface area contributed by atoms with Gasteiger partial charge in [0.05, 0.1) is 9.52 Å². The Morgan fingerprint density at radius 1 is 0.852 bits per heavy atom. The van der Waals surface area contributed by atoms with Gasteiger partial charge in [-0.15, -0.1) is 0 Å². The van der Waals surface area contributed by atoms with Gasteiger partial charge >= 0.3 is 21.7 Å². The van der Waals surface area contributed by atoms with E-state index in [1.807, 2.05) is 0 Å². The molecule has 0 fully saturated rings. The van der Waals surface area contributed by atoms with Crippen molar-refractivity contribution < 1.29 is 58.9 Å². The van der Waals surface area contributed by atoms with Crippen molar-refractivity contribution in [2.75, 3.05) is 0 Å². The van der Waals surface area contributed by atoms with E-state index in [0.717, 1.165) is 0 Å². The van der Waals surface area contributed by atoms with Crippen LogP contribution in [0.3, 0.4) is 0 Å². The van der Waals surface area contributed by atoms with Gasteiger partial charge in [-0.2, -0.15) is 22.4 Å². The third-order valence-corrected chi connectivity index (χ3v) is 6.85. The van der Waals surface area contributed by atoms with E-state index in [0.29, 0.717) is 0 Å². The van der Waals surface area contributed by atoms with E-state index >= 15 is 0 Å². The Hall–Kier alpha value is 0.371. The number of rotatable bonds is 9. The molecule has 0 amide bonds. The Bertz CT molecular complexity index is 606. The maximum absolute atomic E-state index is 2.44. The quantitative estimate of drug-likeness (QED) is 0.193. The summed E-state index contributed by atoms with van der Waals surface area (Å²) in [4.78, 5) is 0. The van der Waals surface area contributed by atoms with Gasteiger partial charge in [0.1, 0.15) is 0 Å². The number of benzene rings is 1. The summed E-state index contributed by atoms with van der Waals surface area (Å²) >= 11 is 0. The second kappa shape index (κ2) is 17.2. The summed E-state index contributed by atoms with van der Waals surface area (Å²) in [6.45, 7) is 9.06. The first-order chi connectivity index (χ1) is 11.1. The van der Waals surface area contributed by atoms with Crippen LogP contribution in [0, 0.1) is 13.8 Å². The van der Waals surface area contributed by atoms with Crippen molar-refractivity contribution in [1.82, 2.24) is 0 Å². The summed E-state index contributed by atoms with van der Waals surface area (Å²) < 4.78 is 0. The van der Waals surface area contributed by atoms with Gasteiger partial charge in [-0.1, -0.05) is 93.3 Å². The molecule has 0 nitrogen and oxygen atoms in total. The molecule has 0 spiro atoms. The SMILES string of the molecule is CCCCC[c-]1ccc(CCCC)c1[SiH2]c1cc(C)cc(C)c1.[Cl-].[Cl-].[Cl-].[Ti+4]. The Balaban J connectivity index is -0.00000144. The third kappa shape index (κ3) is 10.6. The standard InChI is InChI=1S/C22H33Si.3ClH.Ti/c1-5-7-9-11-20-13-12-19(10-8-6-2)22(20)23-21-15-17(3)14-18(4)16-21;;;;/h12-16H,5-11,23H2,1-4H3;3*1H;/q-1;;;;+4/p-3. The summed E-state index contributed by atoms with van der Waals surface area (Å²) in [6.07, 6.45) is 9.20. The smallest absolute Gasteiger partial charge is 1.00 e. The molecular formula is C22H33Cl3SiTi. The van der Waals surface area contributed by atoms with E-state index in [1.54, 1.807) is 21.5 Å². The molecule has 2 aromatic rings. The predicted molar refractivity (Wildman–Crippen MR) is 108 cm³/mol. The van der Waals surface area contributed by atoms with Gasteiger partial charge in [-0.25, -0.2) is 6.07 Å². The molecule has 5 heteroatoms. The normalized spacial score (nSPS) is 9.93. The maximum atomic E-state index is 2.44. The predicted octanol–water partition coefficient (Wildman–Crippen LogP) is -4.77. The molecule has 0 unspecified atom stereocenters. The minimum Gasteiger partial charge on any atom is -1.00 e. The van der Waals surface area contributed by atoms with E-state index < -0.39 is 0 Å². The summed E-state index contributed by atoms with van der Waals surface area (Å²) in [5.41, 5.74) is 6.16. The zero-order valence-electron chi connectivity index (χ0n) is 17.2. The van der Waals surface area contributed by atoms with Crippen molar-refractivity contribution in [2.24, 2.45) is 0 Å². The van der Waals surface area contributed by atoms with Crippen LogP contribution in [0.15, 0.2) is 30.3 Å². The van der Waals surface area contributed by atoms with Crippen molar-refractivity contribution in [2.45, 2.75) is 72.6 Å².